The molecule has 2 rings (SSSR count). The Balaban J connectivity index is 2.03. The average Bonchev–Trinajstić information content (AvgIpc) is 2.87. The summed E-state index contributed by atoms with van der Waals surface area (Å²) in [6.45, 7) is 7.05. The summed E-state index contributed by atoms with van der Waals surface area (Å²) >= 11 is 0. The predicted molar refractivity (Wildman–Crippen MR) is 74.3 cm³/mol. The molecule has 0 amide bonds. The van der Waals surface area contributed by atoms with Crippen LogP contribution in [0.15, 0.2) is 36.7 Å². The highest BCUT2D eigenvalue weighted by molar-refractivity contribution is 5.20. The molecule has 0 saturated carbocycles. The number of aryl methyl sites for hydroxylation is 1. The Morgan fingerprint density at radius 3 is 2.63 bits per heavy atom. The first-order chi connectivity index (χ1) is 9.10. The second kappa shape index (κ2) is 5.97. The third-order valence-corrected chi connectivity index (χ3v) is 3.33. The molecule has 2 aromatic rings. The monoisotopic (exact) mass is 261 g/mol. The van der Waals surface area contributed by atoms with Crippen LogP contribution in [0.25, 0.3) is 0 Å². The van der Waals surface area contributed by atoms with Gasteiger partial charge in [0.1, 0.15) is 5.82 Å². The van der Waals surface area contributed by atoms with Gasteiger partial charge in [-0.3, -0.25) is 4.68 Å². The first-order valence-corrected chi connectivity index (χ1v) is 6.64. The third-order valence-electron chi connectivity index (χ3n) is 3.33. The van der Waals surface area contributed by atoms with Crippen LogP contribution in [0.3, 0.4) is 0 Å². The van der Waals surface area contributed by atoms with E-state index in [0.717, 1.165) is 17.7 Å². The van der Waals surface area contributed by atoms with E-state index in [2.05, 4.69) is 24.3 Å². The SMILES string of the molecule is CCn1cc(C(C)N[C@H](C)c2cccc(F)c2)cn1. The first-order valence-electron chi connectivity index (χ1n) is 6.64. The van der Waals surface area contributed by atoms with Gasteiger partial charge in [0.2, 0.25) is 0 Å². The van der Waals surface area contributed by atoms with E-state index in [1.54, 1.807) is 12.1 Å². The van der Waals surface area contributed by atoms with Crippen LogP contribution < -0.4 is 5.32 Å². The van der Waals surface area contributed by atoms with Gasteiger partial charge in [-0.05, 0) is 38.5 Å². The fraction of sp³-hybridized carbons (Fsp3) is 0.400. The molecule has 1 N–H and O–H groups in total. The standard InChI is InChI=1S/C15H20FN3/c1-4-19-10-14(9-17-19)12(3)18-11(2)13-6-5-7-15(16)8-13/h5-12,18H,4H2,1-3H3/t11-,12?/m1/s1. The Morgan fingerprint density at radius 2 is 2.00 bits per heavy atom. The van der Waals surface area contributed by atoms with Gasteiger partial charge in [-0.15, -0.1) is 0 Å². The van der Waals surface area contributed by atoms with Gasteiger partial charge in [0, 0.05) is 30.4 Å². The van der Waals surface area contributed by atoms with Crippen LogP contribution in [0.5, 0.6) is 0 Å². The summed E-state index contributed by atoms with van der Waals surface area (Å²) in [6.07, 6.45) is 3.91. The molecule has 3 nitrogen and oxygen atoms in total. The Hall–Kier alpha value is -1.68. The van der Waals surface area contributed by atoms with Crippen LogP contribution >= 0.6 is 0 Å². The second-order valence-electron chi connectivity index (χ2n) is 4.79. The first kappa shape index (κ1) is 13.7. The van der Waals surface area contributed by atoms with Crippen molar-refractivity contribution >= 4 is 0 Å². The number of hydrogen-bond donors (Lipinski definition) is 1. The number of benzene rings is 1. The number of nitrogens with one attached hydrogen (secondary N) is 1. The highest BCUT2D eigenvalue weighted by atomic mass is 19.1. The molecule has 1 heterocycles. The molecule has 0 bridgehead atoms. The molecule has 102 valence electrons. The van der Waals surface area contributed by atoms with Crippen LogP contribution in [0.4, 0.5) is 4.39 Å². The summed E-state index contributed by atoms with van der Waals surface area (Å²) in [5, 5.41) is 7.72. The van der Waals surface area contributed by atoms with Gasteiger partial charge in [-0.25, -0.2) is 4.39 Å². The van der Waals surface area contributed by atoms with E-state index in [0.29, 0.717) is 0 Å². The lowest BCUT2D eigenvalue weighted by molar-refractivity contribution is 0.491. The fourth-order valence-electron chi connectivity index (χ4n) is 2.12. The van der Waals surface area contributed by atoms with Crippen LogP contribution in [-0.2, 0) is 6.54 Å². The lowest BCUT2D eigenvalue weighted by atomic mass is 10.1. The maximum Gasteiger partial charge on any atom is 0.123 e. The van der Waals surface area contributed by atoms with E-state index in [4.69, 9.17) is 0 Å². The van der Waals surface area contributed by atoms with Crippen molar-refractivity contribution in [3.63, 3.8) is 0 Å². The Morgan fingerprint density at radius 1 is 1.26 bits per heavy atom. The molecule has 0 aliphatic heterocycles. The fourth-order valence-corrected chi connectivity index (χ4v) is 2.12. The summed E-state index contributed by atoms with van der Waals surface area (Å²) in [7, 11) is 0. The lowest BCUT2D eigenvalue weighted by Gasteiger charge is -2.19. The van der Waals surface area contributed by atoms with Gasteiger partial charge < -0.3 is 5.32 Å². The molecular weight excluding hydrogens is 241 g/mol. The van der Waals surface area contributed by atoms with Gasteiger partial charge in [0.05, 0.1) is 6.20 Å². The lowest BCUT2D eigenvalue weighted by Crippen LogP contribution is -2.22. The predicted octanol–water partition coefficient (Wildman–Crippen LogP) is 3.45. The zero-order valence-corrected chi connectivity index (χ0v) is 11.6. The number of hydrogen-bond acceptors (Lipinski definition) is 2. The Bertz CT molecular complexity index is 536. The Kier molecular flexibility index (Phi) is 4.32. The minimum atomic E-state index is -0.197. The normalized spacial score (nSPS) is 14.3. The van der Waals surface area contributed by atoms with Crippen LogP contribution in [-0.4, -0.2) is 9.78 Å². The molecule has 0 saturated heterocycles. The van der Waals surface area contributed by atoms with E-state index < -0.39 is 0 Å². The molecule has 1 aromatic heterocycles. The highest BCUT2D eigenvalue weighted by Crippen LogP contribution is 2.19. The molecule has 0 radical (unpaired) electrons. The largest absolute Gasteiger partial charge is 0.304 e. The summed E-state index contributed by atoms with van der Waals surface area (Å²) in [6, 6.07) is 6.98. The van der Waals surface area contributed by atoms with Crippen LogP contribution in [0.2, 0.25) is 0 Å². The van der Waals surface area contributed by atoms with Gasteiger partial charge in [0.15, 0.2) is 0 Å². The molecule has 0 aliphatic rings. The quantitative estimate of drug-likeness (QED) is 0.893. The average molecular weight is 261 g/mol. The van der Waals surface area contributed by atoms with E-state index in [9.17, 15) is 4.39 Å². The summed E-state index contributed by atoms with van der Waals surface area (Å²) in [5.74, 6) is -0.197. The number of aromatic nitrogens is 2. The van der Waals surface area contributed by atoms with Crippen molar-refractivity contribution in [1.29, 1.82) is 0 Å². The van der Waals surface area contributed by atoms with Gasteiger partial charge in [-0.1, -0.05) is 12.1 Å². The third kappa shape index (κ3) is 3.41. The molecule has 1 aromatic carbocycles. The van der Waals surface area contributed by atoms with Crippen molar-refractivity contribution in [2.24, 2.45) is 0 Å². The number of nitrogens with zero attached hydrogens (tertiary/aromatic N) is 2. The second-order valence-corrected chi connectivity index (χ2v) is 4.79. The van der Waals surface area contributed by atoms with Crippen molar-refractivity contribution in [1.82, 2.24) is 15.1 Å². The maximum absolute atomic E-state index is 13.2. The molecule has 0 spiro atoms. The van der Waals surface area contributed by atoms with Crippen LogP contribution in [0.1, 0.15) is 44.0 Å². The van der Waals surface area contributed by atoms with Crippen molar-refractivity contribution in [3.05, 3.63) is 53.6 Å². The van der Waals surface area contributed by atoms with Crippen molar-refractivity contribution in [3.8, 4) is 0 Å². The van der Waals surface area contributed by atoms with E-state index >= 15 is 0 Å². The highest BCUT2D eigenvalue weighted by Gasteiger charge is 2.13. The van der Waals surface area contributed by atoms with Crippen molar-refractivity contribution < 1.29 is 4.39 Å². The molecule has 4 heteroatoms. The minimum absolute atomic E-state index is 0.0932. The van der Waals surface area contributed by atoms with E-state index in [1.165, 1.54) is 6.07 Å². The molecule has 0 fully saturated rings. The van der Waals surface area contributed by atoms with Crippen molar-refractivity contribution in [2.45, 2.75) is 39.4 Å². The van der Waals surface area contributed by atoms with Crippen LogP contribution in [0, 0.1) is 5.82 Å². The minimum Gasteiger partial charge on any atom is -0.304 e. The van der Waals surface area contributed by atoms with Crippen molar-refractivity contribution in [2.75, 3.05) is 0 Å². The number of rotatable bonds is 5. The Labute approximate surface area is 113 Å². The maximum atomic E-state index is 13.2. The van der Waals surface area contributed by atoms with E-state index in [1.807, 2.05) is 30.1 Å². The zero-order chi connectivity index (χ0) is 13.8. The van der Waals surface area contributed by atoms with E-state index in [-0.39, 0.29) is 17.9 Å². The molecule has 0 aliphatic carbocycles. The molecule has 2 atom stereocenters. The van der Waals surface area contributed by atoms with Gasteiger partial charge in [-0.2, -0.15) is 5.10 Å². The number of halogens is 1. The smallest absolute Gasteiger partial charge is 0.123 e. The molecule has 19 heavy (non-hydrogen) atoms. The summed E-state index contributed by atoms with van der Waals surface area (Å²) in [4.78, 5) is 0. The zero-order valence-electron chi connectivity index (χ0n) is 11.6. The summed E-state index contributed by atoms with van der Waals surface area (Å²) in [5.41, 5.74) is 2.10. The van der Waals surface area contributed by atoms with Gasteiger partial charge in [0.25, 0.3) is 0 Å². The molecular formula is C15H20FN3. The summed E-state index contributed by atoms with van der Waals surface area (Å²) < 4.78 is 15.1. The van der Waals surface area contributed by atoms with Gasteiger partial charge >= 0.3 is 0 Å². The topological polar surface area (TPSA) is 29.9 Å². The molecule has 1 unspecified atom stereocenters.